The molecule has 1 aromatic rings. The molecule has 1 heterocycles. The molecule has 86 valence electrons. The molecular weight excluding hydrogens is 216 g/mol. The van der Waals surface area contributed by atoms with Gasteiger partial charge in [0.2, 0.25) is 5.91 Å². The summed E-state index contributed by atoms with van der Waals surface area (Å²) in [5.74, 6) is -0.705. The lowest BCUT2D eigenvalue weighted by Crippen LogP contribution is -2.53. The summed E-state index contributed by atoms with van der Waals surface area (Å²) >= 11 is 0. The minimum absolute atomic E-state index is 0.174. The Morgan fingerprint density at radius 1 is 1.29 bits per heavy atom. The second-order valence-electron chi connectivity index (χ2n) is 4.54. The van der Waals surface area contributed by atoms with Crippen LogP contribution in [0.5, 0.6) is 0 Å². The third-order valence-electron chi connectivity index (χ3n) is 2.87. The summed E-state index contributed by atoms with van der Waals surface area (Å²) in [6.45, 7) is 3.13. The number of rotatable bonds is 1. The highest BCUT2D eigenvalue weighted by Crippen LogP contribution is 2.25. The normalized spacial score (nSPS) is 15.5. The maximum atomic E-state index is 12.2. The van der Waals surface area contributed by atoms with Crippen LogP contribution in [0, 0.1) is 11.3 Å². The van der Waals surface area contributed by atoms with E-state index in [1.54, 1.807) is 38.1 Å². The molecule has 0 atom stereocenters. The molecule has 0 aliphatic carbocycles. The average Bonchev–Trinajstić information content (AvgIpc) is 2.28. The Morgan fingerprint density at radius 3 is 2.59 bits per heavy atom. The number of fused-ring (bicyclic) bond motifs is 1. The summed E-state index contributed by atoms with van der Waals surface area (Å²) in [4.78, 5) is 25.2. The SMILES string of the molecule is CC(C)(C#N)N1C(=O)Cc2ccccc2C1=O. The van der Waals surface area contributed by atoms with Gasteiger partial charge in [-0.3, -0.25) is 14.5 Å². The van der Waals surface area contributed by atoms with Crippen LogP contribution in [-0.4, -0.2) is 22.3 Å². The monoisotopic (exact) mass is 228 g/mol. The Morgan fingerprint density at radius 2 is 1.94 bits per heavy atom. The molecule has 0 unspecified atom stereocenters. The molecule has 0 spiro atoms. The van der Waals surface area contributed by atoms with Gasteiger partial charge >= 0.3 is 0 Å². The van der Waals surface area contributed by atoms with Crippen molar-refractivity contribution < 1.29 is 9.59 Å². The van der Waals surface area contributed by atoms with Crippen molar-refractivity contribution in [3.05, 3.63) is 35.4 Å². The molecule has 1 aliphatic rings. The van der Waals surface area contributed by atoms with E-state index in [9.17, 15) is 9.59 Å². The molecule has 2 amide bonds. The van der Waals surface area contributed by atoms with Gasteiger partial charge < -0.3 is 0 Å². The molecule has 1 aliphatic heterocycles. The number of hydrogen-bond acceptors (Lipinski definition) is 3. The Kier molecular flexibility index (Phi) is 2.47. The zero-order chi connectivity index (χ0) is 12.6. The molecule has 17 heavy (non-hydrogen) atoms. The van der Waals surface area contributed by atoms with Crippen molar-refractivity contribution >= 4 is 11.8 Å². The minimum atomic E-state index is -1.11. The van der Waals surface area contributed by atoms with Crippen LogP contribution in [0.3, 0.4) is 0 Å². The summed E-state index contributed by atoms with van der Waals surface area (Å²) in [7, 11) is 0. The largest absolute Gasteiger partial charge is 0.274 e. The van der Waals surface area contributed by atoms with E-state index < -0.39 is 5.54 Å². The topological polar surface area (TPSA) is 61.2 Å². The Bertz CT molecular complexity index is 541. The molecular formula is C13H12N2O2. The quantitative estimate of drug-likeness (QED) is 0.684. The first-order valence-corrected chi connectivity index (χ1v) is 5.34. The Balaban J connectivity index is 2.52. The van der Waals surface area contributed by atoms with E-state index in [1.165, 1.54) is 0 Å². The smallest absolute Gasteiger partial charge is 0.262 e. The summed E-state index contributed by atoms with van der Waals surface area (Å²) in [5, 5.41) is 9.03. The van der Waals surface area contributed by atoms with Gasteiger partial charge in [-0.15, -0.1) is 0 Å². The fraction of sp³-hybridized carbons (Fsp3) is 0.308. The van der Waals surface area contributed by atoms with Crippen LogP contribution in [-0.2, 0) is 11.2 Å². The van der Waals surface area contributed by atoms with Crippen LogP contribution >= 0.6 is 0 Å². The molecule has 4 nitrogen and oxygen atoms in total. The van der Waals surface area contributed by atoms with E-state index in [-0.39, 0.29) is 18.2 Å². The third-order valence-corrected chi connectivity index (χ3v) is 2.87. The average molecular weight is 228 g/mol. The zero-order valence-electron chi connectivity index (χ0n) is 9.73. The maximum absolute atomic E-state index is 12.2. The molecule has 1 aromatic carbocycles. The van der Waals surface area contributed by atoms with Gasteiger partial charge in [-0.1, -0.05) is 18.2 Å². The maximum Gasteiger partial charge on any atom is 0.262 e. The van der Waals surface area contributed by atoms with E-state index >= 15 is 0 Å². The second kappa shape index (κ2) is 3.70. The summed E-state index contributed by atoms with van der Waals surface area (Å²) in [6.07, 6.45) is 0.174. The van der Waals surface area contributed by atoms with Crippen molar-refractivity contribution in [1.82, 2.24) is 4.90 Å². The Labute approximate surface area is 99.5 Å². The highest BCUT2D eigenvalue weighted by Gasteiger charge is 2.40. The van der Waals surface area contributed by atoms with Crippen molar-refractivity contribution in [2.24, 2.45) is 0 Å². The van der Waals surface area contributed by atoms with Crippen LogP contribution in [0.2, 0.25) is 0 Å². The van der Waals surface area contributed by atoms with Gasteiger partial charge in [0.05, 0.1) is 12.5 Å². The van der Waals surface area contributed by atoms with Gasteiger partial charge in [-0.25, -0.2) is 0 Å². The van der Waals surface area contributed by atoms with Gasteiger partial charge in [0.25, 0.3) is 5.91 Å². The van der Waals surface area contributed by atoms with E-state index in [4.69, 9.17) is 5.26 Å². The molecule has 2 rings (SSSR count). The van der Waals surface area contributed by atoms with Crippen molar-refractivity contribution in [2.75, 3.05) is 0 Å². The van der Waals surface area contributed by atoms with Crippen LogP contribution in [0.25, 0.3) is 0 Å². The van der Waals surface area contributed by atoms with E-state index in [0.717, 1.165) is 10.5 Å². The van der Waals surface area contributed by atoms with Gasteiger partial charge in [-0.2, -0.15) is 5.26 Å². The second-order valence-corrected chi connectivity index (χ2v) is 4.54. The first-order valence-electron chi connectivity index (χ1n) is 5.34. The molecule has 0 saturated heterocycles. The fourth-order valence-corrected chi connectivity index (χ4v) is 1.97. The number of nitrogens with zero attached hydrogens (tertiary/aromatic N) is 2. The number of carbonyl (C=O) groups is 2. The van der Waals surface area contributed by atoms with Crippen molar-refractivity contribution in [1.29, 1.82) is 5.26 Å². The van der Waals surface area contributed by atoms with Crippen LogP contribution in [0.1, 0.15) is 29.8 Å². The highest BCUT2D eigenvalue weighted by molar-refractivity contribution is 6.10. The van der Waals surface area contributed by atoms with E-state index in [0.29, 0.717) is 5.56 Å². The molecule has 0 N–H and O–H groups in total. The number of hydrogen-bond donors (Lipinski definition) is 0. The number of benzene rings is 1. The molecule has 0 saturated carbocycles. The lowest BCUT2D eigenvalue weighted by atomic mass is 9.94. The first-order chi connectivity index (χ1) is 7.97. The van der Waals surface area contributed by atoms with Crippen LogP contribution in [0.15, 0.2) is 24.3 Å². The van der Waals surface area contributed by atoms with Crippen molar-refractivity contribution in [3.63, 3.8) is 0 Å². The Hall–Kier alpha value is -2.15. The van der Waals surface area contributed by atoms with Gasteiger partial charge in [-0.05, 0) is 25.5 Å². The number of nitriles is 1. The number of imide groups is 1. The van der Waals surface area contributed by atoms with Gasteiger partial charge in [0, 0.05) is 5.56 Å². The first kappa shape index (κ1) is 11.3. The molecule has 0 bridgehead atoms. The van der Waals surface area contributed by atoms with Gasteiger partial charge in [0.1, 0.15) is 5.54 Å². The molecule has 0 aromatic heterocycles. The van der Waals surface area contributed by atoms with Gasteiger partial charge in [0.15, 0.2) is 0 Å². The van der Waals surface area contributed by atoms with Crippen molar-refractivity contribution in [2.45, 2.75) is 25.8 Å². The lowest BCUT2D eigenvalue weighted by molar-refractivity contribution is -0.131. The summed E-state index contributed by atoms with van der Waals surface area (Å²) < 4.78 is 0. The third kappa shape index (κ3) is 1.70. The van der Waals surface area contributed by atoms with E-state index in [2.05, 4.69) is 0 Å². The lowest BCUT2D eigenvalue weighted by Gasteiger charge is -2.34. The fourth-order valence-electron chi connectivity index (χ4n) is 1.97. The highest BCUT2D eigenvalue weighted by atomic mass is 16.2. The zero-order valence-corrected chi connectivity index (χ0v) is 9.73. The molecule has 0 fully saturated rings. The summed E-state index contributed by atoms with van der Waals surface area (Å²) in [5.41, 5.74) is 0.129. The van der Waals surface area contributed by atoms with Crippen LogP contribution < -0.4 is 0 Å². The minimum Gasteiger partial charge on any atom is -0.274 e. The van der Waals surface area contributed by atoms with Crippen molar-refractivity contribution in [3.8, 4) is 6.07 Å². The predicted molar refractivity (Wildman–Crippen MR) is 61.0 cm³/mol. The standard InChI is InChI=1S/C13H12N2O2/c1-13(2,8-14)15-11(16)7-9-5-3-4-6-10(9)12(15)17/h3-6H,7H2,1-2H3. The molecule has 0 radical (unpaired) electrons. The number of amides is 2. The van der Waals surface area contributed by atoms with E-state index in [1.807, 2.05) is 6.07 Å². The summed E-state index contributed by atoms with van der Waals surface area (Å²) in [6, 6.07) is 8.99. The van der Waals surface area contributed by atoms with Crippen LogP contribution in [0.4, 0.5) is 0 Å². The molecule has 4 heteroatoms. The number of carbonyl (C=O) groups excluding carboxylic acids is 2. The predicted octanol–water partition coefficient (Wildman–Crippen LogP) is 1.51.